The van der Waals surface area contributed by atoms with E-state index >= 15 is 0 Å². The monoisotopic (exact) mass is 535 g/mol. The van der Waals surface area contributed by atoms with E-state index in [-0.39, 0.29) is 30.9 Å². The number of rotatable bonds is 10. The summed E-state index contributed by atoms with van der Waals surface area (Å²) < 4.78 is 6.98. The molecule has 0 bridgehead atoms. The summed E-state index contributed by atoms with van der Waals surface area (Å²) in [5, 5.41) is 9.60. The van der Waals surface area contributed by atoms with Gasteiger partial charge in [-0.3, -0.25) is 14.4 Å². The fourth-order valence-corrected chi connectivity index (χ4v) is 7.04. The first-order valence-corrected chi connectivity index (χ1v) is 14.5. The summed E-state index contributed by atoms with van der Waals surface area (Å²) in [6.07, 6.45) is 11.6. The maximum absolute atomic E-state index is 14.4. The smallest absolute Gasteiger partial charge is 0.249 e. The Morgan fingerprint density at radius 2 is 1.62 bits per heavy atom. The molecular weight excluding hydrogens is 494 g/mol. The Bertz CT molecular complexity index is 1140. The third-order valence-electron chi connectivity index (χ3n) is 8.91. The van der Waals surface area contributed by atoms with Crippen LogP contribution in [-0.4, -0.2) is 87.6 Å². The van der Waals surface area contributed by atoms with Crippen molar-refractivity contribution in [3.8, 4) is 0 Å². The fraction of sp³-hybridized carbons (Fsp3) is 0.581. The quantitative estimate of drug-likeness (QED) is 0.368. The normalized spacial score (nSPS) is 31.8. The van der Waals surface area contributed by atoms with E-state index in [2.05, 4.69) is 6.92 Å². The van der Waals surface area contributed by atoms with Gasteiger partial charge in [-0.2, -0.15) is 0 Å². The van der Waals surface area contributed by atoms with Gasteiger partial charge in [-0.05, 0) is 24.8 Å². The summed E-state index contributed by atoms with van der Waals surface area (Å²) in [4.78, 5) is 48.0. The van der Waals surface area contributed by atoms with Crippen molar-refractivity contribution in [1.82, 2.24) is 14.7 Å². The van der Waals surface area contributed by atoms with E-state index in [1.165, 1.54) is 0 Å². The number of ether oxygens (including phenoxy) is 1. The summed E-state index contributed by atoms with van der Waals surface area (Å²) in [6.45, 7) is 6.20. The lowest BCUT2D eigenvalue weighted by atomic mass is 9.73. The first kappa shape index (κ1) is 27.6. The maximum atomic E-state index is 14.4. The Morgan fingerprint density at radius 3 is 2.33 bits per heavy atom. The van der Waals surface area contributed by atoms with Crippen molar-refractivity contribution in [2.45, 2.75) is 69.7 Å². The number of hydrogen-bond donors (Lipinski definition) is 1. The van der Waals surface area contributed by atoms with Crippen molar-refractivity contribution in [2.24, 2.45) is 11.8 Å². The molecule has 1 aromatic carbocycles. The van der Waals surface area contributed by atoms with Crippen LogP contribution >= 0.6 is 0 Å². The average molecular weight is 536 g/mol. The predicted octanol–water partition coefficient (Wildman–Crippen LogP) is 2.92. The molecule has 1 spiro atoms. The predicted molar refractivity (Wildman–Crippen MR) is 147 cm³/mol. The van der Waals surface area contributed by atoms with Crippen molar-refractivity contribution in [3.05, 3.63) is 60.2 Å². The van der Waals surface area contributed by atoms with Gasteiger partial charge in [-0.25, -0.2) is 0 Å². The van der Waals surface area contributed by atoms with E-state index in [9.17, 15) is 19.5 Å². The van der Waals surface area contributed by atoms with E-state index in [0.717, 1.165) is 24.8 Å². The largest absolute Gasteiger partial charge is 0.396 e. The molecule has 3 amide bonds. The van der Waals surface area contributed by atoms with Crippen LogP contribution in [0.25, 0.3) is 0 Å². The zero-order chi connectivity index (χ0) is 27.6. The highest BCUT2D eigenvalue weighted by molar-refractivity contribution is 6.00. The number of carbonyl (C=O) groups excluding carboxylic acids is 3. The van der Waals surface area contributed by atoms with Crippen LogP contribution in [0, 0.1) is 11.8 Å². The van der Waals surface area contributed by atoms with Gasteiger partial charge in [0.05, 0.1) is 17.4 Å². The minimum absolute atomic E-state index is 0.0892. The van der Waals surface area contributed by atoms with Crippen molar-refractivity contribution < 1.29 is 24.2 Å². The molecule has 2 fully saturated rings. The molecule has 1 aromatic rings. The first-order valence-electron chi connectivity index (χ1n) is 14.5. The molecule has 0 saturated carbocycles. The molecule has 1 unspecified atom stereocenters. The molecule has 1 N–H and O–H groups in total. The van der Waals surface area contributed by atoms with Crippen LogP contribution in [0.4, 0.5) is 0 Å². The molecule has 5 rings (SSSR count). The van der Waals surface area contributed by atoms with Gasteiger partial charge in [0.15, 0.2) is 0 Å². The third kappa shape index (κ3) is 4.61. The third-order valence-corrected chi connectivity index (χ3v) is 8.91. The number of fused-ring (bicyclic) bond motifs is 2. The van der Waals surface area contributed by atoms with Crippen molar-refractivity contribution in [3.63, 3.8) is 0 Å². The zero-order valence-corrected chi connectivity index (χ0v) is 23.1. The summed E-state index contributed by atoms with van der Waals surface area (Å²) >= 11 is 0. The minimum atomic E-state index is -1.24. The Kier molecular flexibility index (Phi) is 7.96. The molecule has 0 aliphatic carbocycles. The molecule has 8 heteroatoms. The molecule has 5 atom stereocenters. The van der Waals surface area contributed by atoms with Crippen LogP contribution in [0.3, 0.4) is 0 Å². The zero-order valence-electron chi connectivity index (χ0n) is 23.1. The van der Waals surface area contributed by atoms with Gasteiger partial charge in [-0.15, -0.1) is 0 Å². The van der Waals surface area contributed by atoms with Gasteiger partial charge >= 0.3 is 0 Å². The Morgan fingerprint density at radius 1 is 0.872 bits per heavy atom. The van der Waals surface area contributed by atoms with Gasteiger partial charge in [0.1, 0.15) is 11.6 Å². The number of amides is 3. The van der Waals surface area contributed by atoms with Gasteiger partial charge in [0.2, 0.25) is 17.7 Å². The van der Waals surface area contributed by atoms with Crippen molar-refractivity contribution in [1.29, 1.82) is 0 Å². The second-order valence-electron chi connectivity index (χ2n) is 11.2. The summed E-state index contributed by atoms with van der Waals surface area (Å²) in [5.41, 5.74) is -1.20. The number of carbonyl (C=O) groups is 3. The number of hydrogen-bond acceptors (Lipinski definition) is 5. The van der Waals surface area contributed by atoms with E-state index in [0.29, 0.717) is 39.0 Å². The van der Waals surface area contributed by atoms with Gasteiger partial charge < -0.3 is 24.5 Å². The van der Waals surface area contributed by atoms with Crippen LogP contribution in [0.1, 0.15) is 51.5 Å². The molecular formula is C31H41N3O5. The Hall–Kier alpha value is -2.97. The lowest BCUT2D eigenvalue weighted by Crippen LogP contribution is -2.56. The van der Waals surface area contributed by atoms with Crippen LogP contribution in [-0.2, 0) is 25.7 Å². The van der Waals surface area contributed by atoms with E-state index in [1.54, 1.807) is 9.80 Å². The first-order chi connectivity index (χ1) is 18.9. The molecule has 210 valence electrons. The molecule has 8 nitrogen and oxygen atoms in total. The molecule has 0 radical (unpaired) electrons. The molecule has 4 heterocycles. The van der Waals surface area contributed by atoms with Crippen molar-refractivity contribution >= 4 is 17.7 Å². The summed E-state index contributed by atoms with van der Waals surface area (Å²) in [5.74, 6) is -2.04. The Balaban J connectivity index is 1.56. The molecule has 4 aliphatic heterocycles. The molecule has 4 aliphatic rings. The number of likely N-dealkylation sites (tertiary alicyclic amines) is 1. The number of aliphatic hydroxyl groups is 1. The van der Waals surface area contributed by atoms with Gasteiger partial charge in [0, 0.05) is 39.3 Å². The van der Waals surface area contributed by atoms with Crippen molar-refractivity contribution in [2.75, 3.05) is 32.8 Å². The van der Waals surface area contributed by atoms with E-state index in [4.69, 9.17) is 4.74 Å². The second-order valence-corrected chi connectivity index (χ2v) is 11.2. The maximum Gasteiger partial charge on any atom is 0.249 e. The lowest BCUT2D eigenvalue weighted by molar-refractivity contribution is -0.154. The Labute approximate surface area is 231 Å². The molecule has 0 aromatic heterocycles. The highest BCUT2D eigenvalue weighted by Gasteiger charge is 2.75. The van der Waals surface area contributed by atoms with Crippen LogP contribution in [0.15, 0.2) is 54.6 Å². The van der Waals surface area contributed by atoms with Gasteiger partial charge in [-0.1, -0.05) is 81.3 Å². The summed E-state index contributed by atoms with van der Waals surface area (Å²) in [6, 6.07) is 8.99. The lowest BCUT2D eigenvalue weighted by Gasteiger charge is -2.38. The van der Waals surface area contributed by atoms with E-state index < -0.39 is 29.1 Å². The van der Waals surface area contributed by atoms with E-state index in [1.807, 2.05) is 66.5 Å². The minimum Gasteiger partial charge on any atom is -0.396 e. The fourth-order valence-electron chi connectivity index (χ4n) is 7.04. The standard InChI is InChI=1S/C31H41N3O5/c1-3-5-9-17-32-18-11-16-31-25(28(37)34(20-12-21-35)26(31)29(32)38)24-27(36)33(22-23-13-7-6-8-14-23)19-10-15-30(24,4-2)39-31/h6-8,10-11,13-16,24-26,35H,3-5,9,12,17-22H2,1-2H3/t24-,25+,26?,30+,31+/m1/s1. The molecule has 39 heavy (non-hydrogen) atoms. The average Bonchev–Trinajstić information content (AvgIpc) is 3.24. The van der Waals surface area contributed by atoms with Gasteiger partial charge in [0.25, 0.3) is 0 Å². The molecule has 2 saturated heterocycles. The van der Waals surface area contributed by atoms with Crippen LogP contribution in [0.5, 0.6) is 0 Å². The van der Waals surface area contributed by atoms with Crippen LogP contribution in [0.2, 0.25) is 0 Å². The summed E-state index contributed by atoms with van der Waals surface area (Å²) in [7, 11) is 0. The topological polar surface area (TPSA) is 90.4 Å². The second kappa shape index (κ2) is 11.3. The number of benzene rings is 1. The van der Waals surface area contributed by atoms with Crippen LogP contribution < -0.4 is 0 Å². The SMILES string of the molecule is CCCCCN1CC=C[C@]23O[C@@]4(CC)C=CCN(Cc5ccccc5)C(=O)[C@H]4[C@H]2C(=O)N(CCCO)C3C1=O. The highest BCUT2D eigenvalue weighted by Crippen LogP contribution is 2.58. The number of unbranched alkanes of at least 4 members (excludes halogenated alkanes) is 2. The highest BCUT2D eigenvalue weighted by atomic mass is 16.5. The number of nitrogens with zero attached hydrogens (tertiary/aromatic N) is 3. The number of aliphatic hydroxyl groups excluding tert-OH is 1.